The van der Waals surface area contributed by atoms with E-state index in [2.05, 4.69) is 216 Å². The van der Waals surface area contributed by atoms with E-state index in [0.717, 1.165) is 173 Å². The molecule has 0 aliphatic carbocycles. The number of aliphatic hydroxyl groups excluding tert-OH is 1. The van der Waals surface area contributed by atoms with Crippen LogP contribution in [0.5, 0.6) is 0 Å². The number of hydrogen-bond donors (Lipinski definition) is 3. The third-order valence-corrected chi connectivity index (χ3v) is 18.6. The number of rotatable bonds is 77. The summed E-state index contributed by atoms with van der Waals surface area (Å²) < 4.78 is 68.6. The average Bonchev–Trinajstić information content (AvgIpc) is 0.908. The normalized spacial score (nSPS) is 14.8. The second kappa shape index (κ2) is 82.6. The number of phosphoric ester groups is 2. The van der Waals surface area contributed by atoms with Gasteiger partial charge in [0.05, 0.1) is 26.4 Å². The van der Waals surface area contributed by atoms with Gasteiger partial charge in [-0.25, -0.2) is 9.13 Å². The summed E-state index contributed by atoms with van der Waals surface area (Å²) in [5.41, 5.74) is 0. The first kappa shape index (κ1) is 106. The zero-order valence-electron chi connectivity index (χ0n) is 69.3. The molecule has 17 nitrogen and oxygen atoms in total. The second-order valence-electron chi connectivity index (χ2n) is 27.3. The lowest BCUT2D eigenvalue weighted by atomic mass is 10.1. The summed E-state index contributed by atoms with van der Waals surface area (Å²) >= 11 is 0. The van der Waals surface area contributed by atoms with Gasteiger partial charge in [0.2, 0.25) is 0 Å². The van der Waals surface area contributed by atoms with Crippen LogP contribution in [0.15, 0.2) is 207 Å². The quantitative estimate of drug-likeness (QED) is 0.0169. The van der Waals surface area contributed by atoms with E-state index < -0.39 is 97.5 Å². The molecule has 0 aliphatic rings. The lowest BCUT2D eigenvalue weighted by Crippen LogP contribution is -2.30. The lowest BCUT2D eigenvalue weighted by Gasteiger charge is -2.21. The first-order valence-corrected chi connectivity index (χ1v) is 45.3. The van der Waals surface area contributed by atoms with Gasteiger partial charge < -0.3 is 33.8 Å². The average molecular weight is 1600 g/mol. The number of ether oxygens (including phenoxy) is 4. The van der Waals surface area contributed by atoms with Crippen molar-refractivity contribution in [2.24, 2.45) is 0 Å². The number of carbonyl (C=O) groups is 4. The molecule has 0 saturated heterocycles. The maximum Gasteiger partial charge on any atom is 0.472 e. The minimum Gasteiger partial charge on any atom is -0.462 e. The van der Waals surface area contributed by atoms with Gasteiger partial charge in [-0.3, -0.25) is 37.3 Å². The van der Waals surface area contributed by atoms with Gasteiger partial charge in [-0.05, 0) is 186 Å². The van der Waals surface area contributed by atoms with E-state index in [1.165, 1.54) is 38.5 Å². The molecule has 0 aromatic carbocycles. The summed E-state index contributed by atoms with van der Waals surface area (Å²) in [5.74, 6) is -2.38. The molecule has 0 rings (SSSR count). The minimum atomic E-state index is -5.02. The van der Waals surface area contributed by atoms with Crippen LogP contribution in [-0.2, 0) is 65.4 Å². The fourth-order valence-electron chi connectivity index (χ4n) is 10.3. The lowest BCUT2D eigenvalue weighted by molar-refractivity contribution is -0.161. The molecule has 0 heterocycles. The van der Waals surface area contributed by atoms with Crippen LogP contribution in [0, 0.1) is 0 Å². The predicted octanol–water partition coefficient (Wildman–Crippen LogP) is 25.4. The molecule has 0 aromatic rings. The molecule has 0 aromatic heterocycles. The van der Waals surface area contributed by atoms with Crippen molar-refractivity contribution in [2.45, 2.75) is 316 Å². The van der Waals surface area contributed by atoms with Gasteiger partial charge in [0.1, 0.15) is 19.3 Å². The van der Waals surface area contributed by atoms with Gasteiger partial charge in [0.15, 0.2) is 12.2 Å². The third kappa shape index (κ3) is 81.6. The SMILES string of the molecule is CC/C=C\C/C=C\C/C=C\C/C=C\C/C=C\CCCCCC(=O)OC[C@H](COP(=O)(O)OC[C@@H](O)COP(=O)(O)OC[C@@H](COC(=O)CCCCCCC/C=C\C/C=C\CCCCC)OC(=O)CC/C=C\C/C=C\C/C=C\C/C=C\C/C=C\CCCCC)OC(=O)CCCCC/C=C\C/C=C\C/C=C\C/C=C\C/C=C\CC. The van der Waals surface area contributed by atoms with E-state index in [1.54, 1.807) is 0 Å². The van der Waals surface area contributed by atoms with Crippen LogP contribution in [0.2, 0.25) is 0 Å². The highest BCUT2D eigenvalue weighted by molar-refractivity contribution is 7.47. The van der Waals surface area contributed by atoms with Gasteiger partial charge >= 0.3 is 39.5 Å². The highest BCUT2D eigenvalue weighted by Gasteiger charge is 2.30. The smallest absolute Gasteiger partial charge is 0.462 e. The Labute approximate surface area is 678 Å². The molecule has 3 N–H and O–H groups in total. The summed E-state index contributed by atoms with van der Waals surface area (Å²) in [6, 6.07) is 0. The summed E-state index contributed by atoms with van der Waals surface area (Å²) in [7, 11) is -10.0. The van der Waals surface area contributed by atoms with Gasteiger partial charge in [0, 0.05) is 25.7 Å². The molecule has 0 aliphatic heterocycles. The van der Waals surface area contributed by atoms with Crippen molar-refractivity contribution in [3.8, 4) is 0 Å². The summed E-state index contributed by atoms with van der Waals surface area (Å²) in [6.45, 7) is 4.40. The van der Waals surface area contributed by atoms with Gasteiger partial charge in [-0.15, -0.1) is 0 Å². The molecule has 0 amide bonds. The first-order chi connectivity index (χ1) is 54.7. The summed E-state index contributed by atoms with van der Waals surface area (Å²) in [5, 5.41) is 10.7. The van der Waals surface area contributed by atoms with Crippen LogP contribution in [0.4, 0.5) is 0 Å². The van der Waals surface area contributed by atoms with E-state index in [0.29, 0.717) is 32.1 Å². The Hall–Kier alpha value is -6.36. The van der Waals surface area contributed by atoms with Crippen LogP contribution in [0.25, 0.3) is 0 Å². The van der Waals surface area contributed by atoms with Crippen LogP contribution in [-0.4, -0.2) is 96.7 Å². The van der Waals surface area contributed by atoms with Crippen molar-refractivity contribution in [1.29, 1.82) is 0 Å². The highest BCUT2D eigenvalue weighted by Crippen LogP contribution is 2.45. The molecule has 0 fully saturated rings. The highest BCUT2D eigenvalue weighted by atomic mass is 31.2. The Morgan fingerprint density at radius 1 is 0.259 bits per heavy atom. The monoisotopic (exact) mass is 1600 g/mol. The Morgan fingerprint density at radius 2 is 0.482 bits per heavy atom. The second-order valence-corrected chi connectivity index (χ2v) is 30.2. The Morgan fingerprint density at radius 3 is 0.777 bits per heavy atom. The Kier molecular flexibility index (Phi) is 77.9. The zero-order valence-corrected chi connectivity index (χ0v) is 71.0. The maximum absolute atomic E-state index is 13.1. The van der Waals surface area contributed by atoms with Crippen molar-refractivity contribution in [3.63, 3.8) is 0 Å². The molecule has 0 radical (unpaired) electrons. The number of aliphatic hydroxyl groups is 1. The molecule has 0 saturated carbocycles. The maximum atomic E-state index is 13.1. The number of carbonyl (C=O) groups excluding carboxylic acids is 4. The fraction of sp³-hybridized carbons (Fsp3) is 0.591. The molecular weight excluding hydrogens is 1450 g/mol. The van der Waals surface area contributed by atoms with Crippen LogP contribution in [0.1, 0.15) is 297 Å². The summed E-state index contributed by atoms with van der Waals surface area (Å²) in [4.78, 5) is 73.2. The molecule has 5 atom stereocenters. The largest absolute Gasteiger partial charge is 0.472 e. The first-order valence-electron chi connectivity index (χ1n) is 42.3. The van der Waals surface area contributed by atoms with E-state index in [9.17, 15) is 43.2 Å². The van der Waals surface area contributed by atoms with Gasteiger partial charge in [-0.1, -0.05) is 292 Å². The summed E-state index contributed by atoms with van der Waals surface area (Å²) in [6.07, 6.45) is 104. The van der Waals surface area contributed by atoms with E-state index in [-0.39, 0.29) is 25.7 Å². The molecule has 19 heteroatoms. The van der Waals surface area contributed by atoms with Crippen LogP contribution >= 0.6 is 15.6 Å². The van der Waals surface area contributed by atoms with Crippen LogP contribution in [0.3, 0.4) is 0 Å². The molecular formula is C93H148O17P2. The topological polar surface area (TPSA) is 237 Å². The van der Waals surface area contributed by atoms with E-state index >= 15 is 0 Å². The molecule has 112 heavy (non-hydrogen) atoms. The van der Waals surface area contributed by atoms with Crippen molar-refractivity contribution in [2.75, 3.05) is 39.6 Å². The molecule has 2 unspecified atom stereocenters. The van der Waals surface area contributed by atoms with Crippen molar-refractivity contribution in [1.82, 2.24) is 0 Å². The number of phosphoric acid groups is 2. The number of allylic oxidation sites excluding steroid dienone is 34. The van der Waals surface area contributed by atoms with Crippen molar-refractivity contribution < 1.29 is 80.2 Å². The van der Waals surface area contributed by atoms with Crippen LogP contribution < -0.4 is 0 Å². The number of esters is 4. The molecule has 0 spiro atoms. The van der Waals surface area contributed by atoms with E-state index in [4.69, 9.17) is 37.0 Å². The Bertz CT molecular complexity index is 2940. The minimum absolute atomic E-state index is 0.0366. The zero-order chi connectivity index (χ0) is 81.7. The Balaban J connectivity index is 5.56. The third-order valence-electron chi connectivity index (χ3n) is 16.7. The number of hydrogen-bond acceptors (Lipinski definition) is 15. The van der Waals surface area contributed by atoms with Crippen molar-refractivity contribution in [3.05, 3.63) is 207 Å². The van der Waals surface area contributed by atoms with E-state index in [1.807, 2.05) is 18.2 Å². The predicted molar refractivity (Wildman–Crippen MR) is 463 cm³/mol. The molecule has 632 valence electrons. The van der Waals surface area contributed by atoms with Gasteiger partial charge in [0.25, 0.3) is 0 Å². The van der Waals surface area contributed by atoms with Crippen molar-refractivity contribution >= 4 is 39.5 Å². The van der Waals surface area contributed by atoms with Gasteiger partial charge in [-0.2, -0.15) is 0 Å². The number of unbranched alkanes of at least 4 members (excludes halogenated alkanes) is 17. The standard InChI is InChI=1S/C93H148O17P2/c1-5-9-13-17-21-25-29-33-37-40-43-46-50-54-58-62-66-70-74-78-91(96)104-84-89(110-93(98)80-76-72-68-64-60-56-52-48-45-42-39-35-31-27-23-19-15-11-7-3)86-108-112(101,102)106-82-87(94)81-105-111(99,100)107-85-88(83-103-90(95)77-73-69-65-61-57-53-49-36-32-28-24-20-16-12-8-4)109-92(97)79-75-71-67-63-59-55-51-47-44-41-38-34-30-26-22-18-14-10-6-2/h9,11,13,15,21-28,33-39,43-49,54-56,58-60,67,71,87-89,94H,5-8,10,12,14,16-20,29-32,40-42,50-53,57,61-66,68-70,72-86H2,1-4H3,(H,99,100)(H,101,102)/b13-9-,15-11-,25-21-,26-22-,27-23-,28-24-,37-33-,38-34-,39-35-,46-43-,47-44-,48-45-,49-36-,58-54-,59-55-,60-56-,71-67-/t87-,88+,89+/m0/s1. The molecule has 0 bridgehead atoms. The fourth-order valence-corrected chi connectivity index (χ4v) is 11.9.